The lowest BCUT2D eigenvalue weighted by atomic mass is 10.0. The van der Waals surface area contributed by atoms with E-state index in [0.717, 1.165) is 24.4 Å². The van der Waals surface area contributed by atoms with Gasteiger partial charge in [-0.3, -0.25) is 4.21 Å². The Labute approximate surface area is 138 Å². The second-order valence-electron chi connectivity index (χ2n) is 5.71. The molecule has 0 saturated carbocycles. The summed E-state index contributed by atoms with van der Waals surface area (Å²) in [4.78, 5) is 7.18. The molecule has 0 bridgehead atoms. The van der Waals surface area contributed by atoms with Crippen LogP contribution in [-0.4, -0.2) is 22.0 Å². The number of nitrogens with zero attached hydrogens (tertiary/aromatic N) is 1. The predicted octanol–water partition coefficient (Wildman–Crippen LogP) is 3.09. The van der Waals surface area contributed by atoms with E-state index >= 15 is 0 Å². The smallest absolute Gasteiger partial charge is 0.0943 e. The van der Waals surface area contributed by atoms with Crippen LogP contribution >= 0.6 is 11.3 Å². The van der Waals surface area contributed by atoms with Crippen molar-refractivity contribution in [3.05, 3.63) is 45.4 Å². The average molecular weight is 335 g/mol. The molecule has 0 saturated heterocycles. The first-order valence-corrected chi connectivity index (χ1v) is 10.2. The van der Waals surface area contributed by atoms with Gasteiger partial charge in [0.1, 0.15) is 0 Å². The molecule has 1 N–H and O–H groups in total. The molecule has 0 spiro atoms. The summed E-state index contributed by atoms with van der Waals surface area (Å²) < 4.78 is 11.3. The lowest BCUT2D eigenvalue weighted by molar-refractivity contribution is 0.669. The fraction of sp³-hybridized carbons (Fsp3) is 0.471. The highest BCUT2D eigenvalue weighted by atomic mass is 32.2. The van der Waals surface area contributed by atoms with E-state index in [1.165, 1.54) is 46.8 Å². The van der Waals surface area contributed by atoms with Gasteiger partial charge in [-0.25, -0.2) is 4.98 Å². The summed E-state index contributed by atoms with van der Waals surface area (Å²) in [5.41, 5.74) is 2.59. The van der Waals surface area contributed by atoms with Crippen molar-refractivity contribution < 1.29 is 4.21 Å². The summed E-state index contributed by atoms with van der Waals surface area (Å²) in [5, 5.41) is 4.74. The van der Waals surface area contributed by atoms with Gasteiger partial charge in [-0.1, -0.05) is 12.1 Å². The Bertz CT molecular complexity index is 626. The van der Waals surface area contributed by atoms with Crippen molar-refractivity contribution in [3.8, 4) is 0 Å². The van der Waals surface area contributed by atoms with E-state index in [1.54, 1.807) is 6.26 Å². The van der Waals surface area contributed by atoms with E-state index in [0.29, 0.717) is 0 Å². The van der Waals surface area contributed by atoms with Crippen LogP contribution in [0, 0.1) is 0 Å². The van der Waals surface area contributed by atoms with E-state index in [1.807, 2.05) is 35.6 Å². The van der Waals surface area contributed by atoms with Gasteiger partial charge in [-0.15, -0.1) is 11.3 Å². The third kappa shape index (κ3) is 4.03. The molecule has 5 heteroatoms. The zero-order valence-corrected chi connectivity index (χ0v) is 14.6. The van der Waals surface area contributed by atoms with Crippen molar-refractivity contribution in [2.45, 2.75) is 43.5 Å². The van der Waals surface area contributed by atoms with Crippen molar-refractivity contribution in [1.82, 2.24) is 10.3 Å². The quantitative estimate of drug-likeness (QED) is 0.826. The maximum absolute atomic E-state index is 11.3. The highest BCUT2D eigenvalue weighted by molar-refractivity contribution is 7.84. The average Bonchev–Trinajstić information content (AvgIpc) is 2.95. The Morgan fingerprint density at radius 3 is 2.73 bits per heavy atom. The maximum Gasteiger partial charge on any atom is 0.0943 e. The van der Waals surface area contributed by atoms with Gasteiger partial charge in [-0.2, -0.15) is 0 Å². The van der Waals surface area contributed by atoms with E-state index in [9.17, 15) is 4.21 Å². The molecule has 1 atom stereocenters. The molecule has 0 aliphatic heterocycles. The minimum Gasteiger partial charge on any atom is -0.312 e. The monoisotopic (exact) mass is 334 g/mol. The lowest BCUT2D eigenvalue weighted by Gasteiger charge is -2.06. The number of aromatic nitrogens is 1. The van der Waals surface area contributed by atoms with Gasteiger partial charge in [-0.05, 0) is 43.4 Å². The lowest BCUT2D eigenvalue weighted by Crippen LogP contribution is -2.16. The van der Waals surface area contributed by atoms with Crippen LogP contribution in [0.2, 0.25) is 0 Å². The van der Waals surface area contributed by atoms with Crippen LogP contribution < -0.4 is 5.32 Å². The number of rotatable bonds is 6. The summed E-state index contributed by atoms with van der Waals surface area (Å²) >= 11 is 1.90. The minimum absolute atomic E-state index is 0.849. The van der Waals surface area contributed by atoms with E-state index < -0.39 is 10.8 Å². The number of hydrogen-bond donors (Lipinski definition) is 1. The Morgan fingerprint density at radius 1 is 1.23 bits per heavy atom. The number of nitrogens with one attached hydrogen (secondary N) is 1. The Balaban J connectivity index is 1.45. The van der Waals surface area contributed by atoms with Crippen molar-refractivity contribution >= 4 is 22.1 Å². The molecule has 3 nitrogen and oxygen atoms in total. The molecule has 1 aromatic heterocycles. The van der Waals surface area contributed by atoms with Gasteiger partial charge in [0, 0.05) is 46.3 Å². The summed E-state index contributed by atoms with van der Waals surface area (Å²) in [5.74, 6) is 0. The van der Waals surface area contributed by atoms with E-state index in [-0.39, 0.29) is 0 Å². The first-order valence-electron chi connectivity index (χ1n) is 7.83. The molecule has 2 aromatic rings. The minimum atomic E-state index is -0.894. The van der Waals surface area contributed by atoms with Gasteiger partial charge in [0.2, 0.25) is 0 Å². The number of benzene rings is 1. The summed E-state index contributed by atoms with van der Waals surface area (Å²) in [6, 6.07) is 7.99. The van der Waals surface area contributed by atoms with Crippen molar-refractivity contribution in [3.63, 3.8) is 0 Å². The predicted molar refractivity (Wildman–Crippen MR) is 92.9 cm³/mol. The first kappa shape index (κ1) is 15.8. The highest BCUT2D eigenvalue weighted by Crippen LogP contribution is 2.26. The number of aryl methyl sites for hydroxylation is 2. The molecule has 0 amide bonds. The molecule has 1 heterocycles. The molecule has 0 fully saturated rings. The van der Waals surface area contributed by atoms with Crippen LogP contribution in [0.4, 0.5) is 0 Å². The summed E-state index contributed by atoms with van der Waals surface area (Å²) in [7, 11) is -0.894. The third-order valence-corrected chi connectivity index (χ3v) is 6.14. The number of thiazole rings is 1. The summed E-state index contributed by atoms with van der Waals surface area (Å²) in [6.07, 6.45) is 7.74. The van der Waals surface area contributed by atoms with Crippen molar-refractivity contribution in [2.75, 3.05) is 12.8 Å². The Kier molecular flexibility index (Phi) is 5.39. The van der Waals surface area contributed by atoms with Crippen LogP contribution in [0.1, 0.15) is 34.0 Å². The normalized spacial score (nSPS) is 15.5. The zero-order valence-electron chi connectivity index (χ0n) is 12.9. The van der Waals surface area contributed by atoms with Gasteiger partial charge >= 0.3 is 0 Å². The topological polar surface area (TPSA) is 42.0 Å². The van der Waals surface area contributed by atoms with Crippen LogP contribution in [0.5, 0.6) is 0 Å². The number of hydrogen-bond acceptors (Lipinski definition) is 4. The second kappa shape index (κ2) is 7.49. The van der Waals surface area contributed by atoms with Crippen LogP contribution in [0.25, 0.3) is 0 Å². The van der Waals surface area contributed by atoms with Crippen molar-refractivity contribution in [1.29, 1.82) is 0 Å². The SMILES string of the molecule is C[S@](=O)c1ccc(CNCCc2nc3c(s2)CCCC3)cc1. The van der Waals surface area contributed by atoms with Crippen LogP contribution in [0.3, 0.4) is 0 Å². The maximum atomic E-state index is 11.3. The Hall–Kier alpha value is -1.04. The molecular weight excluding hydrogens is 312 g/mol. The van der Waals surface area contributed by atoms with E-state index in [2.05, 4.69) is 5.32 Å². The van der Waals surface area contributed by atoms with Gasteiger partial charge in [0.05, 0.1) is 10.7 Å². The van der Waals surface area contributed by atoms with Gasteiger partial charge in [0.15, 0.2) is 0 Å². The number of fused-ring (bicyclic) bond motifs is 1. The standard InChI is InChI=1S/C17H22N2OS2/c1-22(20)14-8-6-13(7-9-14)12-18-11-10-17-19-15-4-2-3-5-16(15)21-17/h6-9,18H,2-5,10-12H2,1H3/t22-/m0/s1. The largest absolute Gasteiger partial charge is 0.312 e. The van der Waals surface area contributed by atoms with Crippen molar-refractivity contribution in [2.24, 2.45) is 0 Å². The highest BCUT2D eigenvalue weighted by Gasteiger charge is 2.14. The van der Waals surface area contributed by atoms with Gasteiger partial charge in [0.25, 0.3) is 0 Å². The Morgan fingerprint density at radius 2 is 2.00 bits per heavy atom. The summed E-state index contributed by atoms with van der Waals surface area (Å²) in [6.45, 7) is 1.80. The van der Waals surface area contributed by atoms with Crippen LogP contribution in [0.15, 0.2) is 29.2 Å². The zero-order chi connectivity index (χ0) is 15.4. The first-order chi connectivity index (χ1) is 10.7. The van der Waals surface area contributed by atoms with Crippen LogP contribution in [-0.2, 0) is 36.6 Å². The molecule has 3 rings (SSSR count). The molecule has 118 valence electrons. The molecular formula is C17H22N2OS2. The fourth-order valence-corrected chi connectivity index (χ4v) is 4.42. The second-order valence-corrected chi connectivity index (χ2v) is 8.26. The molecule has 1 aliphatic rings. The van der Waals surface area contributed by atoms with E-state index in [4.69, 9.17) is 4.98 Å². The molecule has 0 radical (unpaired) electrons. The molecule has 1 aromatic carbocycles. The third-order valence-electron chi connectivity index (χ3n) is 3.99. The molecule has 1 aliphatic carbocycles. The fourth-order valence-electron chi connectivity index (χ4n) is 2.74. The molecule has 0 unspecified atom stereocenters. The molecule has 22 heavy (non-hydrogen) atoms. The van der Waals surface area contributed by atoms with Gasteiger partial charge < -0.3 is 5.32 Å².